The molecule has 0 aromatic heterocycles. The van der Waals surface area contributed by atoms with Gasteiger partial charge in [-0.25, -0.2) is 4.79 Å². The van der Waals surface area contributed by atoms with Gasteiger partial charge in [-0.3, -0.25) is 19.3 Å². The second kappa shape index (κ2) is 18.9. The molecule has 4 rings (SSSR count). The van der Waals surface area contributed by atoms with Crippen molar-refractivity contribution in [2.75, 3.05) is 32.2 Å². The molecule has 9 heteroatoms. The number of nitrogens with zero attached hydrogens (tertiary/aromatic N) is 1. The van der Waals surface area contributed by atoms with Gasteiger partial charge in [0.25, 0.3) is 0 Å². The van der Waals surface area contributed by atoms with Gasteiger partial charge in [0.1, 0.15) is 6.04 Å². The zero-order valence-corrected chi connectivity index (χ0v) is 29.6. The maximum atomic E-state index is 13.6. The van der Waals surface area contributed by atoms with Crippen molar-refractivity contribution in [3.05, 3.63) is 119 Å². The molecule has 0 aliphatic heterocycles. The fourth-order valence-electron chi connectivity index (χ4n) is 6.08. The highest BCUT2D eigenvalue weighted by Gasteiger charge is 2.25. The van der Waals surface area contributed by atoms with Crippen LogP contribution in [0.4, 0.5) is 0 Å². The van der Waals surface area contributed by atoms with Crippen molar-refractivity contribution in [1.82, 2.24) is 15.5 Å². The van der Waals surface area contributed by atoms with Crippen LogP contribution in [-0.4, -0.2) is 72.8 Å². The lowest BCUT2D eigenvalue weighted by atomic mass is 9.96. The maximum Gasteiger partial charge on any atom is 0.328 e. The Morgan fingerprint density at radius 3 is 2.20 bits per heavy atom. The smallest absolute Gasteiger partial charge is 0.328 e. The molecule has 2 N–H and O–H groups in total. The molecule has 8 nitrogen and oxygen atoms in total. The number of thioether (sulfide) groups is 1. The molecular formula is C40H47N3O5S. The number of fused-ring (bicyclic) bond motifs is 1. The summed E-state index contributed by atoms with van der Waals surface area (Å²) in [6.45, 7) is 5.08. The van der Waals surface area contributed by atoms with Crippen LogP contribution in [0.15, 0.2) is 97.1 Å². The molecule has 0 unspecified atom stereocenters. The first-order chi connectivity index (χ1) is 23.7. The first-order valence-electron chi connectivity index (χ1n) is 16.7. The van der Waals surface area contributed by atoms with Gasteiger partial charge >= 0.3 is 5.97 Å². The van der Waals surface area contributed by atoms with Gasteiger partial charge in [0.15, 0.2) is 5.78 Å². The maximum absolute atomic E-state index is 13.6. The number of esters is 1. The van der Waals surface area contributed by atoms with Gasteiger partial charge in [-0.05, 0) is 52.7 Å². The van der Waals surface area contributed by atoms with Gasteiger partial charge in [-0.15, -0.1) is 0 Å². The summed E-state index contributed by atoms with van der Waals surface area (Å²) in [6, 6.07) is 29.5. The summed E-state index contributed by atoms with van der Waals surface area (Å²) in [4.78, 5) is 54.9. The van der Waals surface area contributed by atoms with Crippen molar-refractivity contribution in [2.24, 2.45) is 5.92 Å². The van der Waals surface area contributed by atoms with Crippen LogP contribution in [0, 0.1) is 5.92 Å². The van der Waals surface area contributed by atoms with Gasteiger partial charge in [-0.1, -0.05) is 111 Å². The molecule has 4 aromatic carbocycles. The highest BCUT2D eigenvalue weighted by atomic mass is 32.2. The van der Waals surface area contributed by atoms with Gasteiger partial charge < -0.3 is 15.4 Å². The highest BCUT2D eigenvalue weighted by molar-refractivity contribution is 7.98. The Labute approximate surface area is 294 Å². The number of nitrogens with one attached hydrogen (secondary N) is 2. The Bertz CT molecular complexity index is 1710. The van der Waals surface area contributed by atoms with E-state index >= 15 is 0 Å². The van der Waals surface area contributed by atoms with E-state index in [9.17, 15) is 19.2 Å². The topological polar surface area (TPSA) is 105 Å². The van der Waals surface area contributed by atoms with Crippen molar-refractivity contribution in [3.8, 4) is 0 Å². The Morgan fingerprint density at radius 2 is 1.47 bits per heavy atom. The quantitative estimate of drug-likeness (QED) is 0.0973. The molecule has 258 valence electrons. The minimum absolute atomic E-state index is 0.0227. The van der Waals surface area contributed by atoms with E-state index in [1.165, 1.54) is 7.11 Å². The number of amides is 2. The number of ketones is 1. The number of benzene rings is 4. The van der Waals surface area contributed by atoms with E-state index in [1.54, 1.807) is 36.0 Å². The molecular weight excluding hydrogens is 635 g/mol. The van der Waals surface area contributed by atoms with Crippen molar-refractivity contribution in [1.29, 1.82) is 0 Å². The van der Waals surface area contributed by atoms with Crippen LogP contribution in [0.5, 0.6) is 0 Å². The van der Waals surface area contributed by atoms with Crippen LogP contribution in [0.1, 0.15) is 53.7 Å². The Morgan fingerprint density at radius 1 is 0.796 bits per heavy atom. The standard InChI is InChI=1S/C40H47N3O5S/c1-28(2)23-33(41-37(44)24-31-16-9-11-20-35(31)39(46)30-14-6-5-7-15-30)26-43(25-32-18-12-17-29-13-8-10-19-34(29)32)27-38(45)42-36(21-22-49-4)40(47)48-3/h5-20,28,33,36H,21-27H2,1-4H3,(H,41,44)(H,42,45)/t33-,36-/m0/s1. The third kappa shape index (κ3) is 11.3. The molecule has 4 aromatic rings. The number of hydrogen-bond donors (Lipinski definition) is 2. The van der Waals surface area contributed by atoms with Crippen LogP contribution < -0.4 is 10.6 Å². The second-order valence-corrected chi connectivity index (χ2v) is 13.6. The molecule has 0 fully saturated rings. The molecule has 0 aliphatic carbocycles. The fraction of sp³-hybridized carbons (Fsp3) is 0.350. The van der Waals surface area contributed by atoms with Crippen molar-refractivity contribution in [3.63, 3.8) is 0 Å². The zero-order chi connectivity index (χ0) is 35.2. The Kier molecular flexibility index (Phi) is 14.4. The number of carbonyl (C=O) groups is 4. The molecule has 0 heterocycles. The second-order valence-electron chi connectivity index (χ2n) is 12.7. The third-order valence-electron chi connectivity index (χ3n) is 8.32. The lowest BCUT2D eigenvalue weighted by Crippen LogP contribution is -2.50. The van der Waals surface area contributed by atoms with Crippen LogP contribution in [0.2, 0.25) is 0 Å². The third-order valence-corrected chi connectivity index (χ3v) is 8.97. The Balaban J connectivity index is 1.56. The van der Waals surface area contributed by atoms with Crippen molar-refractivity contribution < 1.29 is 23.9 Å². The van der Waals surface area contributed by atoms with E-state index < -0.39 is 12.0 Å². The number of carbonyl (C=O) groups excluding carboxylic acids is 4. The molecule has 0 saturated carbocycles. The molecule has 2 atom stereocenters. The Hall–Kier alpha value is -4.47. The first-order valence-corrected chi connectivity index (χ1v) is 18.1. The molecule has 0 radical (unpaired) electrons. The monoisotopic (exact) mass is 681 g/mol. The fourth-order valence-corrected chi connectivity index (χ4v) is 6.55. The highest BCUT2D eigenvalue weighted by Crippen LogP contribution is 2.21. The van der Waals surface area contributed by atoms with Gasteiger partial charge in [0.05, 0.1) is 20.1 Å². The van der Waals surface area contributed by atoms with E-state index in [2.05, 4.69) is 48.7 Å². The molecule has 0 aliphatic rings. The van der Waals surface area contributed by atoms with Gasteiger partial charge in [0.2, 0.25) is 11.8 Å². The van der Waals surface area contributed by atoms with Crippen LogP contribution in [0.3, 0.4) is 0 Å². The summed E-state index contributed by atoms with van der Waals surface area (Å²) in [5.74, 6) is -0.129. The van der Waals surface area contributed by atoms with Crippen molar-refractivity contribution in [2.45, 2.75) is 51.7 Å². The predicted molar refractivity (Wildman–Crippen MR) is 198 cm³/mol. The lowest BCUT2D eigenvalue weighted by Gasteiger charge is -2.30. The van der Waals surface area contributed by atoms with E-state index in [1.807, 2.05) is 59.7 Å². The molecule has 0 bridgehead atoms. The van der Waals surface area contributed by atoms with Crippen LogP contribution >= 0.6 is 11.8 Å². The number of ether oxygens (including phenoxy) is 1. The van der Waals surface area contributed by atoms with E-state index in [0.717, 1.165) is 16.3 Å². The van der Waals surface area contributed by atoms with Crippen LogP contribution in [-0.2, 0) is 32.1 Å². The number of hydrogen-bond acceptors (Lipinski definition) is 7. The summed E-state index contributed by atoms with van der Waals surface area (Å²) in [5.41, 5.74) is 2.78. The zero-order valence-electron chi connectivity index (χ0n) is 28.8. The normalized spacial score (nSPS) is 12.4. The summed E-state index contributed by atoms with van der Waals surface area (Å²) in [5, 5.41) is 8.30. The molecule has 0 spiro atoms. The minimum Gasteiger partial charge on any atom is -0.467 e. The van der Waals surface area contributed by atoms with E-state index in [0.29, 0.717) is 48.4 Å². The number of methoxy groups -OCH3 is 1. The summed E-state index contributed by atoms with van der Waals surface area (Å²) in [6.07, 6.45) is 3.14. The predicted octanol–water partition coefficient (Wildman–Crippen LogP) is 6.06. The van der Waals surface area contributed by atoms with E-state index in [4.69, 9.17) is 4.74 Å². The summed E-state index contributed by atoms with van der Waals surface area (Å²) < 4.78 is 4.96. The van der Waals surface area contributed by atoms with Crippen molar-refractivity contribution >= 4 is 46.1 Å². The van der Waals surface area contributed by atoms with Gasteiger partial charge in [0, 0.05) is 30.3 Å². The number of rotatable bonds is 18. The molecule has 49 heavy (non-hydrogen) atoms. The summed E-state index contributed by atoms with van der Waals surface area (Å²) in [7, 11) is 1.32. The van der Waals surface area contributed by atoms with Gasteiger partial charge in [-0.2, -0.15) is 11.8 Å². The SMILES string of the molecule is COC(=O)[C@H](CCSC)NC(=O)CN(Cc1cccc2ccccc12)C[C@H](CC(C)C)NC(=O)Cc1ccccc1C(=O)c1ccccc1. The molecule has 2 amide bonds. The largest absolute Gasteiger partial charge is 0.467 e. The average Bonchev–Trinajstić information content (AvgIpc) is 3.09. The minimum atomic E-state index is -0.741. The lowest BCUT2D eigenvalue weighted by molar-refractivity contribution is -0.145. The van der Waals surface area contributed by atoms with E-state index in [-0.39, 0.29) is 42.5 Å². The summed E-state index contributed by atoms with van der Waals surface area (Å²) >= 11 is 1.59. The van der Waals surface area contributed by atoms with Crippen LogP contribution in [0.25, 0.3) is 10.8 Å². The average molecular weight is 682 g/mol. The molecule has 0 saturated heterocycles. The first kappa shape index (κ1) is 37.4.